The predicted octanol–water partition coefficient (Wildman–Crippen LogP) is 1.40. The maximum atomic E-state index is 13.0. The van der Waals surface area contributed by atoms with E-state index in [1.165, 1.54) is 19.2 Å². The van der Waals surface area contributed by atoms with Crippen molar-refractivity contribution in [3.8, 4) is 11.5 Å². The van der Waals surface area contributed by atoms with Gasteiger partial charge >= 0.3 is 0 Å². The molecule has 2 aliphatic rings. The Morgan fingerprint density at radius 1 is 1.27 bits per heavy atom. The van der Waals surface area contributed by atoms with E-state index in [-0.39, 0.29) is 23.4 Å². The summed E-state index contributed by atoms with van der Waals surface area (Å²) in [5.41, 5.74) is 2.12. The van der Waals surface area contributed by atoms with Crippen LogP contribution in [0.1, 0.15) is 36.6 Å². The van der Waals surface area contributed by atoms with Crippen LogP contribution >= 0.6 is 0 Å². The largest absolute Gasteiger partial charge is 0.490 e. The fraction of sp³-hybridized carbons (Fsp3) is 0.500. The Kier molecular flexibility index (Phi) is 5.70. The number of carbonyl (C=O) groups is 1. The van der Waals surface area contributed by atoms with E-state index in [1.807, 2.05) is 11.7 Å². The van der Waals surface area contributed by atoms with Gasteiger partial charge in [-0.05, 0) is 31.4 Å². The third kappa shape index (κ3) is 4.01. The summed E-state index contributed by atoms with van der Waals surface area (Å²) in [7, 11) is -0.571. The maximum absolute atomic E-state index is 13.0. The number of ether oxygens (including phenoxy) is 2. The van der Waals surface area contributed by atoms with Crippen LogP contribution in [-0.2, 0) is 28.3 Å². The normalized spacial score (nSPS) is 18.6. The number of rotatable bonds is 5. The molecular formula is C20H26N4O5S. The first kappa shape index (κ1) is 20.7. The Balaban J connectivity index is 1.45. The van der Waals surface area contributed by atoms with Crippen molar-refractivity contribution in [2.75, 3.05) is 26.8 Å². The minimum atomic E-state index is -3.86. The van der Waals surface area contributed by atoms with E-state index in [1.54, 1.807) is 12.3 Å². The fourth-order valence-electron chi connectivity index (χ4n) is 3.87. The first-order valence-corrected chi connectivity index (χ1v) is 11.5. The molecule has 162 valence electrons. The lowest BCUT2D eigenvalue weighted by atomic mass is 9.93. The third-order valence-corrected chi connectivity index (χ3v) is 7.30. The van der Waals surface area contributed by atoms with Gasteiger partial charge in [0.15, 0.2) is 11.5 Å². The van der Waals surface area contributed by atoms with Crippen molar-refractivity contribution in [3.63, 3.8) is 0 Å². The van der Waals surface area contributed by atoms with Crippen LogP contribution in [0.15, 0.2) is 29.3 Å². The lowest BCUT2D eigenvalue weighted by Gasteiger charge is -2.25. The van der Waals surface area contributed by atoms with Gasteiger partial charge in [-0.3, -0.25) is 9.48 Å². The topological polar surface area (TPSA) is 103 Å². The molecule has 4 rings (SSSR count). The highest BCUT2D eigenvalue weighted by molar-refractivity contribution is 7.89. The molecule has 1 atom stereocenters. The van der Waals surface area contributed by atoms with Crippen LogP contribution < -0.4 is 14.8 Å². The number of hydrogen-bond donors (Lipinski definition) is 1. The van der Waals surface area contributed by atoms with Crippen molar-refractivity contribution in [1.82, 2.24) is 19.4 Å². The number of aryl methyl sites for hydroxylation is 1. The van der Waals surface area contributed by atoms with Crippen LogP contribution in [0.4, 0.5) is 0 Å². The number of sulfonamides is 1. The Morgan fingerprint density at radius 3 is 2.83 bits per heavy atom. The molecule has 2 heterocycles. The predicted molar refractivity (Wildman–Crippen MR) is 109 cm³/mol. The van der Waals surface area contributed by atoms with Gasteiger partial charge in [0, 0.05) is 37.8 Å². The second kappa shape index (κ2) is 8.27. The molecule has 10 heteroatoms. The zero-order valence-corrected chi connectivity index (χ0v) is 17.9. The summed E-state index contributed by atoms with van der Waals surface area (Å²) < 4.78 is 40.0. The molecule has 30 heavy (non-hydrogen) atoms. The molecule has 1 amide bonds. The van der Waals surface area contributed by atoms with Crippen molar-refractivity contribution >= 4 is 15.9 Å². The minimum absolute atomic E-state index is 0.0641. The summed E-state index contributed by atoms with van der Waals surface area (Å²) in [6.45, 7) is 0.717. The molecule has 0 saturated heterocycles. The summed E-state index contributed by atoms with van der Waals surface area (Å²) in [4.78, 5) is 12.7. The quantitative estimate of drug-likeness (QED) is 0.763. The van der Waals surface area contributed by atoms with Crippen LogP contribution in [0.5, 0.6) is 11.5 Å². The first-order chi connectivity index (χ1) is 14.4. The molecule has 2 aromatic rings. The highest BCUT2D eigenvalue weighted by Crippen LogP contribution is 2.33. The van der Waals surface area contributed by atoms with Gasteiger partial charge < -0.3 is 14.8 Å². The average molecular weight is 435 g/mol. The molecule has 1 N–H and O–H groups in total. The molecule has 1 aliphatic carbocycles. The SMILES string of the molecule is CN(CC(=O)NC1CCCc2c1cnn2C)S(=O)(=O)c1ccc2c(c1)OCCCO2. The van der Waals surface area contributed by atoms with E-state index in [4.69, 9.17) is 9.47 Å². The summed E-state index contributed by atoms with van der Waals surface area (Å²) >= 11 is 0. The number of hydrogen-bond acceptors (Lipinski definition) is 6. The van der Waals surface area contributed by atoms with Gasteiger partial charge in [-0.2, -0.15) is 9.40 Å². The number of likely N-dealkylation sites (N-methyl/N-ethyl adjacent to an activating group) is 1. The van der Waals surface area contributed by atoms with E-state index in [9.17, 15) is 13.2 Å². The molecule has 1 aliphatic heterocycles. The maximum Gasteiger partial charge on any atom is 0.243 e. The lowest BCUT2D eigenvalue weighted by Crippen LogP contribution is -2.40. The van der Waals surface area contributed by atoms with E-state index < -0.39 is 10.0 Å². The Hall–Kier alpha value is -2.59. The highest BCUT2D eigenvalue weighted by atomic mass is 32.2. The molecule has 0 radical (unpaired) electrons. The van der Waals surface area contributed by atoms with Crippen molar-refractivity contribution in [1.29, 1.82) is 0 Å². The molecular weight excluding hydrogens is 408 g/mol. The second-order valence-electron chi connectivity index (χ2n) is 7.60. The van der Waals surface area contributed by atoms with Crippen LogP contribution in [0, 0.1) is 0 Å². The van der Waals surface area contributed by atoms with Gasteiger partial charge in [0.25, 0.3) is 0 Å². The summed E-state index contributed by atoms with van der Waals surface area (Å²) in [6, 6.07) is 4.37. The monoisotopic (exact) mass is 434 g/mol. The minimum Gasteiger partial charge on any atom is -0.490 e. The highest BCUT2D eigenvalue weighted by Gasteiger charge is 2.28. The second-order valence-corrected chi connectivity index (χ2v) is 9.65. The van der Waals surface area contributed by atoms with Crippen molar-refractivity contribution in [3.05, 3.63) is 35.7 Å². The Morgan fingerprint density at radius 2 is 2.03 bits per heavy atom. The fourth-order valence-corrected chi connectivity index (χ4v) is 5.01. The molecule has 1 aromatic carbocycles. The molecule has 0 fully saturated rings. The van der Waals surface area contributed by atoms with E-state index in [2.05, 4.69) is 10.4 Å². The van der Waals surface area contributed by atoms with Crippen LogP contribution in [0.2, 0.25) is 0 Å². The first-order valence-electron chi connectivity index (χ1n) is 10.0. The smallest absolute Gasteiger partial charge is 0.243 e. The number of aromatic nitrogens is 2. The number of nitrogens with zero attached hydrogens (tertiary/aromatic N) is 3. The Labute approximate surface area is 176 Å². The zero-order valence-electron chi connectivity index (χ0n) is 17.1. The van der Waals surface area contributed by atoms with E-state index >= 15 is 0 Å². The number of carbonyl (C=O) groups excluding carboxylic acids is 1. The van der Waals surface area contributed by atoms with Gasteiger partial charge in [0.1, 0.15) is 0 Å². The number of benzene rings is 1. The van der Waals surface area contributed by atoms with Crippen LogP contribution in [0.25, 0.3) is 0 Å². The summed E-state index contributed by atoms with van der Waals surface area (Å²) in [5.74, 6) is 0.575. The van der Waals surface area contributed by atoms with Crippen molar-refractivity contribution in [2.24, 2.45) is 7.05 Å². The summed E-state index contributed by atoms with van der Waals surface area (Å²) in [5, 5.41) is 7.23. The summed E-state index contributed by atoms with van der Waals surface area (Å²) in [6.07, 6.45) is 5.19. The van der Waals surface area contributed by atoms with Gasteiger partial charge in [0.2, 0.25) is 15.9 Å². The average Bonchev–Trinajstić information content (AvgIpc) is 2.95. The van der Waals surface area contributed by atoms with Crippen molar-refractivity contribution < 1.29 is 22.7 Å². The van der Waals surface area contributed by atoms with Crippen LogP contribution in [0.3, 0.4) is 0 Å². The standard InChI is InChI=1S/C20H26N4O5S/c1-23(13-20(25)22-16-5-3-6-17-15(16)12-21-24(17)2)30(26,27)14-7-8-18-19(11-14)29-10-4-9-28-18/h7-8,11-12,16H,3-6,9-10,13H2,1-2H3,(H,22,25). The number of nitrogens with one attached hydrogen (secondary N) is 1. The van der Waals surface area contributed by atoms with Gasteiger partial charge in [0.05, 0.1) is 36.9 Å². The molecule has 9 nitrogen and oxygen atoms in total. The van der Waals surface area contributed by atoms with Gasteiger partial charge in [-0.15, -0.1) is 0 Å². The molecule has 1 unspecified atom stereocenters. The van der Waals surface area contributed by atoms with Gasteiger partial charge in [-0.25, -0.2) is 8.42 Å². The molecule has 0 saturated carbocycles. The van der Waals surface area contributed by atoms with E-state index in [0.717, 1.165) is 41.2 Å². The van der Waals surface area contributed by atoms with Crippen molar-refractivity contribution in [2.45, 2.75) is 36.6 Å². The Bertz CT molecular complexity index is 1050. The lowest BCUT2D eigenvalue weighted by molar-refractivity contribution is -0.122. The molecule has 1 aromatic heterocycles. The number of amides is 1. The molecule has 0 bridgehead atoms. The third-order valence-electron chi connectivity index (χ3n) is 5.50. The molecule has 0 spiro atoms. The van der Waals surface area contributed by atoms with Crippen LogP contribution in [-0.4, -0.2) is 55.2 Å². The van der Waals surface area contributed by atoms with Gasteiger partial charge in [-0.1, -0.05) is 0 Å². The number of fused-ring (bicyclic) bond motifs is 2. The van der Waals surface area contributed by atoms with E-state index in [0.29, 0.717) is 24.7 Å². The zero-order chi connectivity index (χ0) is 21.3.